The van der Waals surface area contributed by atoms with Gasteiger partial charge >= 0.3 is 5.97 Å². The molecule has 108 valence electrons. The Bertz CT molecular complexity index is 706. The fourth-order valence-corrected chi connectivity index (χ4v) is 2.96. The zero-order valence-electron chi connectivity index (χ0n) is 11.3. The lowest BCUT2D eigenvalue weighted by Gasteiger charge is -2.40. The lowest BCUT2D eigenvalue weighted by atomic mass is 10.1. The van der Waals surface area contributed by atoms with Crippen LogP contribution in [0, 0.1) is 0 Å². The van der Waals surface area contributed by atoms with Crippen LogP contribution in [0.15, 0.2) is 12.5 Å². The van der Waals surface area contributed by atoms with E-state index >= 15 is 0 Å². The first-order chi connectivity index (χ1) is 10.2. The number of aromatic carboxylic acids is 1. The maximum atomic E-state index is 10.8. The van der Waals surface area contributed by atoms with Crippen LogP contribution in [0.2, 0.25) is 0 Å². The van der Waals surface area contributed by atoms with E-state index in [4.69, 9.17) is 5.11 Å². The molecule has 1 N–H and O–H groups in total. The van der Waals surface area contributed by atoms with Gasteiger partial charge in [-0.15, -0.1) is 5.10 Å². The largest absolute Gasteiger partial charge is 0.476 e. The molecule has 0 spiro atoms. The van der Waals surface area contributed by atoms with Gasteiger partial charge in [0.25, 0.3) is 0 Å². The van der Waals surface area contributed by atoms with Crippen LogP contribution < -0.4 is 4.90 Å². The Morgan fingerprint density at radius 1 is 1.29 bits per heavy atom. The number of anilines is 1. The molecule has 0 bridgehead atoms. The number of carboxylic acids is 1. The normalized spacial score (nSPS) is 17.6. The summed E-state index contributed by atoms with van der Waals surface area (Å²) in [6.07, 6.45) is 6.33. The molecule has 8 nitrogen and oxygen atoms in total. The minimum absolute atomic E-state index is 0.0172. The Kier molecular flexibility index (Phi) is 2.63. The van der Waals surface area contributed by atoms with Crippen LogP contribution in [0.4, 0.5) is 5.82 Å². The monoisotopic (exact) mass is 286 g/mol. The van der Waals surface area contributed by atoms with E-state index < -0.39 is 5.97 Å². The average Bonchev–Trinajstić information content (AvgIpc) is 3.05. The van der Waals surface area contributed by atoms with Crippen molar-refractivity contribution >= 4 is 11.8 Å². The van der Waals surface area contributed by atoms with Crippen LogP contribution in [0.5, 0.6) is 0 Å². The van der Waals surface area contributed by atoms with Gasteiger partial charge < -0.3 is 10.0 Å². The molecule has 1 saturated heterocycles. The van der Waals surface area contributed by atoms with Crippen LogP contribution in [-0.4, -0.2) is 49.1 Å². The van der Waals surface area contributed by atoms with Gasteiger partial charge in [0.2, 0.25) is 0 Å². The van der Waals surface area contributed by atoms with Crippen molar-refractivity contribution in [2.24, 2.45) is 0 Å². The molecule has 0 radical (unpaired) electrons. The molecular formula is C13H14N6O2. The van der Waals surface area contributed by atoms with Crippen molar-refractivity contribution in [3.05, 3.63) is 29.5 Å². The molecule has 1 fully saturated rings. The molecule has 4 rings (SSSR count). The number of aromatic nitrogens is 5. The SMILES string of the molecule is O=C(O)c1cn(C2CN(c3ncnc4c3CCC4)C2)nn1. The first kappa shape index (κ1) is 12.2. The van der Waals surface area contributed by atoms with Gasteiger partial charge in [-0.2, -0.15) is 0 Å². The third-order valence-electron chi connectivity index (χ3n) is 4.12. The van der Waals surface area contributed by atoms with Crippen molar-refractivity contribution in [1.29, 1.82) is 0 Å². The van der Waals surface area contributed by atoms with Crippen molar-refractivity contribution in [1.82, 2.24) is 25.0 Å². The number of hydrogen-bond acceptors (Lipinski definition) is 6. The van der Waals surface area contributed by atoms with Crippen LogP contribution in [0.1, 0.15) is 34.2 Å². The number of hydrogen-bond donors (Lipinski definition) is 1. The molecule has 0 unspecified atom stereocenters. The summed E-state index contributed by atoms with van der Waals surface area (Å²) in [6, 6.07) is 0.151. The number of carbonyl (C=O) groups is 1. The summed E-state index contributed by atoms with van der Waals surface area (Å²) >= 11 is 0. The van der Waals surface area contributed by atoms with Gasteiger partial charge in [-0.3, -0.25) is 0 Å². The molecule has 8 heteroatoms. The lowest BCUT2D eigenvalue weighted by Crippen LogP contribution is -2.48. The maximum Gasteiger partial charge on any atom is 0.358 e. The zero-order chi connectivity index (χ0) is 14.4. The molecule has 0 atom stereocenters. The Morgan fingerprint density at radius 2 is 2.14 bits per heavy atom. The molecule has 3 heterocycles. The summed E-state index contributed by atoms with van der Waals surface area (Å²) in [7, 11) is 0. The highest BCUT2D eigenvalue weighted by Crippen LogP contribution is 2.33. The second-order valence-corrected chi connectivity index (χ2v) is 5.42. The number of fused-ring (bicyclic) bond motifs is 1. The molecule has 0 aromatic carbocycles. The average molecular weight is 286 g/mol. The minimum Gasteiger partial charge on any atom is -0.476 e. The predicted molar refractivity (Wildman–Crippen MR) is 72.3 cm³/mol. The fraction of sp³-hybridized carbons (Fsp3) is 0.462. The second kappa shape index (κ2) is 4.51. The minimum atomic E-state index is -1.05. The molecule has 1 aliphatic carbocycles. The van der Waals surface area contributed by atoms with Gasteiger partial charge in [-0.05, 0) is 19.3 Å². The first-order valence-corrected chi connectivity index (χ1v) is 6.95. The standard InChI is InChI=1S/C13H14N6O2/c20-13(21)11-6-19(17-16-11)8-4-18(5-8)12-9-2-1-3-10(9)14-7-15-12/h6-8H,1-5H2,(H,20,21). The van der Waals surface area contributed by atoms with E-state index in [9.17, 15) is 4.79 Å². The molecule has 2 aromatic heterocycles. The van der Waals surface area contributed by atoms with Gasteiger partial charge in [0.15, 0.2) is 5.69 Å². The second-order valence-electron chi connectivity index (χ2n) is 5.42. The molecule has 1 aliphatic heterocycles. The van der Waals surface area contributed by atoms with Crippen LogP contribution in [-0.2, 0) is 12.8 Å². The van der Waals surface area contributed by atoms with Gasteiger partial charge in [0.1, 0.15) is 12.1 Å². The van der Waals surface area contributed by atoms with E-state index in [1.165, 1.54) is 11.8 Å². The van der Waals surface area contributed by atoms with E-state index in [0.717, 1.165) is 43.9 Å². The lowest BCUT2D eigenvalue weighted by molar-refractivity contribution is 0.0690. The van der Waals surface area contributed by atoms with Gasteiger partial charge in [-0.25, -0.2) is 19.4 Å². The third kappa shape index (κ3) is 1.94. The summed E-state index contributed by atoms with van der Waals surface area (Å²) in [5.41, 5.74) is 2.41. The van der Waals surface area contributed by atoms with Crippen molar-refractivity contribution in [3.8, 4) is 0 Å². The summed E-state index contributed by atoms with van der Waals surface area (Å²) in [5, 5.41) is 16.4. The van der Waals surface area contributed by atoms with Crippen molar-refractivity contribution < 1.29 is 9.90 Å². The van der Waals surface area contributed by atoms with Crippen molar-refractivity contribution in [3.63, 3.8) is 0 Å². The number of carboxylic acid groups (broad SMARTS) is 1. The Balaban J connectivity index is 1.50. The quantitative estimate of drug-likeness (QED) is 0.867. The molecule has 21 heavy (non-hydrogen) atoms. The topological polar surface area (TPSA) is 97.0 Å². The highest BCUT2D eigenvalue weighted by molar-refractivity contribution is 5.84. The summed E-state index contributed by atoms with van der Waals surface area (Å²) in [5.74, 6) is -0.0293. The van der Waals surface area contributed by atoms with E-state index in [1.54, 1.807) is 11.0 Å². The van der Waals surface area contributed by atoms with Gasteiger partial charge in [0.05, 0.1) is 12.2 Å². The van der Waals surface area contributed by atoms with E-state index in [2.05, 4.69) is 25.2 Å². The van der Waals surface area contributed by atoms with E-state index in [1.807, 2.05) is 0 Å². The molecular weight excluding hydrogens is 272 g/mol. The van der Waals surface area contributed by atoms with Crippen LogP contribution >= 0.6 is 0 Å². The Morgan fingerprint density at radius 3 is 2.90 bits per heavy atom. The Labute approximate surface area is 120 Å². The Hall–Kier alpha value is -2.51. The predicted octanol–water partition coefficient (Wildman–Crippen LogP) is 0.316. The van der Waals surface area contributed by atoms with Crippen molar-refractivity contribution in [2.45, 2.75) is 25.3 Å². The van der Waals surface area contributed by atoms with E-state index in [0.29, 0.717) is 0 Å². The molecule has 2 aromatic rings. The molecule has 2 aliphatic rings. The van der Waals surface area contributed by atoms with Crippen LogP contribution in [0.25, 0.3) is 0 Å². The smallest absolute Gasteiger partial charge is 0.358 e. The maximum absolute atomic E-state index is 10.8. The highest BCUT2D eigenvalue weighted by atomic mass is 16.4. The van der Waals surface area contributed by atoms with Crippen LogP contribution in [0.3, 0.4) is 0 Å². The summed E-state index contributed by atoms with van der Waals surface area (Å²) in [4.78, 5) is 21.7. The first-order valence-electron chi connectivity index (χ1n) is 6.95. The highest BCUT2D eigenvalue weighted by Gasteiger charge is 2.33. The molecule has 0 amide bonds. The molecule has 0 saturated carbocycles. The summed E-state index contributed by atoms with van der Waals surface area (Å²) in [6.45, 7) is 1.54. The number of aryl methyl sites for hydroxylation is 1. The van der Waals surface area contributed by atoms with Gasteiger partial charge in [0, 0.05) is 24.3 Å². The summed E-state index contributed by atoms with van der Waals surface area (Å²) < 4.78 is 1.63. The fourth-order valence-electron chi connectivity index (χ4n) is 2.96. The van der Waals surface area contributed by atoms with Gasteiger partial charge in [-0.1, -0.05) is 5.21 Å². The van der Waals surface area contributed by atoms with Crippen molar-refractivity contribution in [2.75, 3.05) is 18.0 Å². The third-order valence-corrected chi connectivity index (χ3v) is 4.12. The number of nitrogens with zero attached hydrogens (tertiary/aromatic N) is 6. The zero-order valence-corrected chi connectivity index (χ0v) is 11.3. The van der Waals surface area contributed by atoms with E-state index in [-0.39, 0.29) is 11.7 Å². The number of rotatable bonds is 3.